The second-order valence-corrected chi connectivity index (χ2v) is 5.03. The van der Waals surface area contributed by atoms with Crippen LogP contribution in [-0.2, 0) is 11.2 Å². The number of likely N-dealkylation sites (tertiary alicyclic amines) is 1. The van der Waals surface area contributed by atoms with Crippen molar-refractivity contribution in [3.8, 4) is 0 Å². The fraction of sp³-hybridized carbons (Fsp3) is 0.312. The normalized spacial score (nSPS) is 18.7. The summed E-state index contributed by atoms with van der Waals surface area (Å²) in [6.45, 7) is 0.870. The number of amides is 1. The summed E-state index contributed by atoms with van der Waals surface area (Å²) in [4.78, 5) is 17.7. The van der Waals surface area contributed by atoms with Crippen LogP contribution in [0.3, 0.4) is 0 Å². The fourth-order valence-electron chi connectivity index (χ4n) is 2.81. The zero-order valence-electron chi connectivity index (χ0n) is 10.9. The minimum Gasteiger partial charge on any atom is -0.363 e. The largest absolute Gasteiger partial charge is 0.363 e. The summed E-state index contributed by atoms with van der Waals surface area (Å²) in [5, 5.41) is 0. The molecule has 1 saturated heterocycles. The molecule has 1 aromatic carbocycles. The fourth-order valence-corrected chi connectivity index (χ4v) is 2.81. The lowest BCUT2D eigenvalue weighted by Crippen LogP contribution is -2.31. The number of nitrogens with one attached hydrogen (secondary N) is 1. The van der Waals surface area contributed by atoms with E-state index in [1.807, 2.05) is 47.5 Å². The molecule has 0 bridgehead atoms. The highest BCUT2D eigenvalue weighted by atomic mass is 16.2. The van der Waals surface area contributed by atoms with Crippen molar-refractivity contribution < 1.29 is 4.79 Å². The topological polar surface area (TPSA) is 36.1 Å². The van der Waals surface area contributed by atoms with Gasteiger partial charge in [-0.15, -0.1) is 0 Å². The minimum atomic E-state index is 0.225. The highest BCUT2D eigenvalue weighted by Gasteiger charge is 2.30. The summed E-state index contributed by atoms with van der Waals surface area (Å²) >= 11 is 0. The third-order valence-corrected chi connectivity index (χ3v) is 3.75. The maximum absolute atomic E-state index is 12.4. The van der Waals surface area contributed by atoms with E-state index in [1.165, 1.54) is 0 Å². The Bertz CT molecular complexity index is 533. The maximum Gasteiger partial charge on any atom is 0.227 e. The molecule has 3 heteroatoms. The average Bonchev–Trinajstić information content (AvgIpc) is 3.10. The van der Waals surface area contributed by atoms with E-state index in [4.69, 9.17) is 0 Å². The molecule has 1 unspecified atom stereocenters. The summed E-state index contributed by atoms with van der Waals surface area (Å²) < 4.78 is 0. The van der Waals surface area contributed by atoms with Gasteiger partial charge in [0.2, 0.25) is 5.91 Å². The molecule has 0 spiro atoms. The van der Waals surface area contributed by atoms with Gasteiger partial charge in [0, 0.05) is 18.4 Å². The molecule has 98 valence electrons. The lowest BCUT2D eigenvalue weighted by atomic mass is 10.1. The molecule has 1 fully saturated rings. The molecule has 0 aliphatic carbocycles. The molecule has 1 aliphatic rings. The Labute approximate surface area is 113 Å². The van der Waals surface area contributed by atoms with Gasteiger partial charge in [-0.25, -0.2) is 0 Å². The Morgan fingerprint density at radius 3 is 2.79 bits per heavy atom. The first-order valence-corrected chi connectivity index (χ1v) is 6.81. The van der Waals surface area contributed by atoms with Crippen molar-refractivity contribution in [1.29, 1.82) is 0 Å². The standard InChI is InChI=1S/C16H18N2O/c19-16(12-13-6-2-1-3-7-13)18-11-5-9-15(18)14-8-4-10-17-14/h1-4,6-8,10,15,17H,5,9,11-12H2. The highest BCUT2D eigenvalue weighted by molar-refractivity contribution is 5.79. The number of nitrogens with zero attached hydrogens (tertiary/aromatic N) is 1. The molecule has 1 aromatic heterocycles. The zero-order chi connectivity index (χ0) is 13.1. The first-order valence-electron chi connectivity index (χ1n) is 6.81. The van der Waals surface area contributed by atoms with Crippen molar-refractivity contribution in [1.82, 2.24) is 9.88 Å². The Balaban J connectivity index is 1.72. The molecule has 2 heterocycles. The summed E-state index contributed by atoms with van der Waals surface area (Å²) in [6, 6.07) is 14.3. The lowest BCUT2D eigenvalue weighted by Gasteiger charge is -2.24. The van der Waals surface area contributed by atoms with Crippen molar-refractivity contribution in [3.05, 3.63) is 59.9 Å². The molecule has 0 radical (unpaired) electrons. The predicted molar refractivity (Wildman–Crippen MR) is 74.6 cm³/mol. The van der Waals surface area contributed by atoms with Crippen molar-refractivity contribution >= 4 is 5.91 Å². The average molecular weight is 254 g/mol. The van der Waals surface area contributed by atoms with Crippen LogP contribution < -0.4 is 0 Å². The van der Waals surface area contributed by atoms with E-state index in [0.29, 0.717) is 6.42 Å². The number of aromatic amines is 1. The van der Waals surface area contributed by atoms with Gasteiger partial charge < -0.3 is 9.88 Å². The number of aromatic nitrogens is 1. The minimum absolute atomic E-state index is 0.225. The number of carbonyl (C=O) groups is 1. The van der Waals surface area contributed by atoms with Gasteiger partial charge in [-0.3, -0.25) is 4.79 Å². The third kappa shape index (κ3) is 2.55. The quantitative estimate of drug-likeness (QED) is 0.898. The van der Waals surface area contributed by atoms with Crippen LogP contribution in [-0.4, -0.2) is 22.3 Å². The van der Waals surface area contributed by atoms with Crippen molar-refractivity contribution in [2.45, 2.75) is 25.3 Å². The number of hydrogen-bond acceptors (Lipinski definition) is 1. The second kappa shape index (κ2) is 5.31. The molecule has 2 aromatic rings. The molecule has 19 heavy (non-hydrogen) atoms. The first-order chi connectivity index (χ1) is 9.34. The van der Waals surface area contributed by atoms with Crippen molar-refractivity contribution in [2.24, 2.45) is 0 Å². The van der Waals surface area contributed by atoms with E-state index in [2.05, 4.69) is 11.1 Å². The number of benzene rings is 1. The van der Waals surface area contributed by atoms with Crippen LogP contribution in [0.5, 0.6) is 0 Å². The zero-order valence-corrected chi connectivity index (χ0v) is 10.9. The summed E-state index contributed by atoms with van der Waals surface area (Å²) in [7, 11) is 0. The van der Waals surface area contributed by atoms with E-state index in [1.54, 1.807) is 0 Å². The van der Waals surface area contributed by atoms with Gasteiger partial charge in [-0.05, 0) is 30.5 Å². The van der Waals surface area contributed by atoms with Gasteiger partial charge in [0.15, 0.2) is 0 Å². The van der Waals surface area contributed by atoms with Crippen LogP contribution in [0.25, 0.3) is 0 Å². The first kappa shape index (κ1) is 12.0. The molecular formula is C16H18N2O. The summed E-state index contributed by atoms with van der Waals surface area (Å²) in [6.07, 6.45) is 4.57. The van der Waals surface area contributed by atoms with Crippen LogP contribution >= 0.6 is 0 Å². The van der Waals surface area contributed by atoms with E-state index in [9.17, 15) is 4.79 Å². The number of hydrogen-bond donors (Lipinski definition) is 1. The molecule has 0 saturated carbocycles. The SMILES string of the molecule is O=C(Cc1ccccc1)N1CCCC1c1ccc[nH]1. The number of H-pyrrole nitrogens is 1. The highest BCUT2D eigenvalue weighted by Crippen LogP contribution is 2.31. The lowest BCUT2D eigenvalue weighted by molar-refractivity contribution is -0.131. The molecule has 3 rings (SSSR count). The number of rotatable bonds is 3. The Morgan fingerprint density at radius 2 is 2.05 bits per heavy atom. The van der Waals surface area contributed by atoms with Crippen LogP contribution in [0.15, 0.2) is 48.7 Å². The Hall–Kier alpha value is -2.03. The van der Waals surface area contributed by atoms with E-state index in [-0.39, 0.29) is 11.9 Å². The van der Waals surface area contributed by atoms with Gasteiger partial charge in [0.25, 0.3) is 0 Å². The monoisotopic (exact) mass is 254 g/mol. The van der Waals surface area contributed by atoms with Gasteiger partial charge >= 0.3 is 0 Å². The second-order valence-electron chi connectivity index (χ2n) is 5.03. The summed E-state index contributed by atoms with van der Waals surface area (Å²) in [5.74, 6) is 0.225. The smallest absolute Gasteiger partial charge is 0.227 e. The molecular weight excluding hydrogens is 236 g/mol. The van der Waals surface area contributed by atoms with Crippen molar-refractivity contribution in [3.63, 3.8) is 0 Å². The van der Waals surface area contributed by atoms with Crippen LogP contribution in [0.4, 0.5) is 0 Å². The molecule has 3 nitrogen and oxygen atoms in total. The molecule has 1 amide bonds. The van der Waals surface area contributed by atoms with E-state index >= 15 is 0 Å². The van der Waals surface area contributed by atoms with Gasteiger partial charge in [-0.1, -0.05) is 30.3 Å². The third-order valence-electron chi connectivity index (χ3n) is 3.75. The van der Waals surface area contributed by atoms with Gasteiger partial charge in [-0.2, -0.15) is 0 Å². The molecule has 1 N–H and O–H groups in total. The van der Waals surface area contributed by atoms with E-state index in [0.717, 1.165) is 30.6 Å². The van der Waals surface area contributed by atoms with Gasteiger partial charge in [0.05, 0.1) is 12.5 Å². The van der Waals surface area contributed by atoms with E-state index < -0.39 is 0 Å². The Morgan fingerprint density at radius 1 is 1.21 bits per heavy atom. The predicted octanol–water partition coefficient (Wildman–Crippen LogP) is 2.92. The summed E-state index contributed by atoms with van der Waals surface area (Å²) in [5.41, 5.74) is 2.24. The molecule has 1 aliphatic heterocycles. The Kier molecular flexibility index (Phi) is 3.36. The number of carbonyl (C=O) groups excluding carboxylic acids is 1. The van der Waals surface area contributed by atoms with Crippen LogP contribution in [0.2, 0.25) is 0 Å². The maximum atomic E-state index is 12.4. The van der Waals surface area contributed by atoms with Crippen LogP contribution in [0.1, 0.15) is 30.1 Å². The van der Waals surface area contributed by atoms with Gasteiger partial charge in [0.1, 0.15) is 0 Å². The van der Waals surface area contributed by atoms with Crippen LogP contribution in [0, 0.1) is 0 Å². The van der Waals surface area contributed by atoms with Crippen molar-refractivity contribution in [2.75, 3.05) is 6.54 Å². The molecule has 1 atom stereocenters.